The second kappa shape index (κ2) is 7.02. The van der Waals surface area contributed by atoms with Crippen molar-refractivity contribution in [1.29, 1.82) is 0 Å². The summed E-state index contributed by atoms with van der Waals surface area (Å²) in [5.74, 6) is -0.686. The van der Waals surface area contributed by atoms with Crippen LogP contribution in [0.3, 0.4) is 0 Å². The van der Waals surface area contributed by atoms with Crippen LogP contribution in [0, 0.1) is 10.1 Å². The van der Waals surface area contributed by atoms with Gasteiger partial charge in [0.15, 0.2) is 0 Å². The fraction of sp³-hybridized carbons (Fsp3) is 0. The van der Waals surface area contributed by atoms with Gasteiger partial charge in [-0.05, 0) is 18.2 Å². The molecular formula is C14H9Cl2N3O3. The Morgan fingerprint density at radius 3 is 2.64 bits per heavy atom. The monoisotopic (exact) mass is 337 g/mol. The Bertz CT molecular complexity index is 763. The molecule has 6 nitrogen and oxygen atoms in total. The lowest BCUT2D eigenvalue weighted by Gasteiger charge is -2.01. The van der Waals surface area contributed by atoms with E-state index >= 15 is 0 Å². The van der Waals surface area contributed by atoms with E-state index in [4.69, 9.17) is 23.2 Å². The van der Waals surface area contributed by atoms with Gasteiger partial charge in [-0.3, -0.25) is 14.9 Å². The van der Waals surface area contributed by atoms with Crippen molar-refractivity contribution in [2.24, 2.45) is 5.10 Å². The molecule has 0 saturated heterocycles. The van der Waals surface area contributed by atoms with Crippen LogP contribution in [0.1, 0.15) is 15.9 Å². The van der Waals surface area contributed by atoms with Gasteiger partial charge < -0.3 is 0 Å². The van der Waals surface area contributed by atoms with Crippen LogP contribution >= 0.6 is 23.2 Å². The fourth-order valence-corrected chi connectivity index (χ4v) is 2.11. The van der Waals surface area contributed by atoms with Gasteiger partial charge in [-0.15, -0.1) is 0 Å². The van der Waals surface area contributed by atoms with Gasteiger partial charge in [0.25, 0.3) is 11.6 Å². The van der Waals surface area contributed by atoms with Crippen LogP contribution in [-0.4, -0.2) is 17.0 Å². The first kappa shape index (κ1) is 15.9. The van der Waals surface area contributed by atoms with E-state index in [9.17, 15) is 14.9 Å². The number of carbonyl (C=O) groups excluding carboxylic acids is 1. The molecule has 1 amide bonds. The highest BCUT2D eigenvalue weighted by Crippen LogP contribution is 2.19. The molecule has 0 radical (unpaired) electrons. The van der Waals surface area contributed by atoms with Crippen LogP contribution in [0.5, 0.6) is 0 Å². The number of para-hydroxylation sites is 1. The van der Waals surface area contributed by atoms with E-state index in [0.29, 0.717) is 15.6 Å². The molecule has 0 saturated carbocycles. The first-order chi connectivity index (χ1) is 10.5. The third-order valence-electron chi connectivity index (χ3n) is 2.68. The van der Waals surface area contributed by atoms with Crippen LogP contribution in [0.15, 0.2) is 47.6 Å². The fourth-order valence-electron chi connectivity index (χ4n) is 1.65. The van der Waals surface area contributed by atoms with Gasteiger partial charge in [0.1, 0.15) is 5.56 Å². The van der Waals surface area contributed by atoms with Gasteiger partial charge >= 0.3 is 0 Å². The van der Waals surface area contributed by atoms with Crippen molar-refractivity contribution in [3.63, 3.8) is 0 Å². The first-order valence-corrected chi connectivity index (χ1v) is 6.76. The van der Waals surface area contributed by atoms with E-state index in [0.717, 1.165) is 0 Å². The van der Waals surface area contributed by atoms with Crippen LogP contribution < -0.4 is 5.43 Å². The van der Waals surface area contributed by atoms with Crippen molar-refractivity contribution in [2.45, 2.75) is 0 Å². The molecule has 2 aromatic rings. The predicted molar refractivity (Wildman–Crippen MR) is 84.6 cm³/mol. The summed E-state index contributed by atoms with van der Waals surface area (Å²) in [6.45, 7) is 0. The molecular weight excluding hydrogens is 329 g/mol. The van der Waals surface area contributed by atoms with E-state index in [1.807, 2.05) is 0 Å². The van der Waals surface area contributed by atoms with E-state index in [2.05, 4.69) is 10.5 Å². The minimum atomic E-state index is -0.686. The second-order valence-electron chi connectivity index (χ2n) is 4.14. The Labute approximate surface area is 135 Å². The Hall–Kier alpha value is -2.44. The average molecular weight is 338 g/mol. The van der Waals surface area contributed by atoms with Crippen LogP contribution in [0.4, 0.5) is 5.69 Å². The zero-order valence-electron chi connectivity index (χ0n) is 11.0. The number of carbonyl (C=O) groups is 1. The van der Waals surface area contributed by atoms with Crippen molar-refractivity contribution in [3.8, 4) is 0 Å². The number of hydrogen-bond acceptors (Lipinski definition) is 4. The van der Waals surface area contributed by atoms with Gasteiger partial charge in [-0.1, -0.05) is 41.4 Å². The molecule has 2 aromatic carbocycles. The largest absolute Gasteiger partial charge is 0.282 e. The number of benzene rings is 2. The Kier molecular flexibility index (Phi) is 5.08. The standard InChI is InChI=1S/C14H9Cl2N3O3/c15-10-6-5-9(12(16)7-10)8-17-18-14(20)11-3-1-2-4-13(11)19(21)22/h1-8H,(H,18,20)/b17-8-. The van der Waals surface area contributed by atoms with Gasteiger partial charge in [-0.2, -0.15) is 5.10 Å². The van der Waals surface area contributed by atoms with E-state index < -0.39 is 10.8 Å². The topological polar surface area (TPSA) is 84.6 Å². The molecule has 0 atom stereocenters. The number of nitro groups is 1. The summed E-state index contributed by atoms with van der Waals surface area (Å²) in [5.41, 5.74) is 2.40. The summed E-state index contributed by atoms with van der Waals surface area (Å²) < 4.78 is 0. The minimum Gasteiger partial charge on any atom is -0.267 e. The van der Waals surface area contributed by atoms with Crippen molar-refractivity contribution in [3.05, 3.63) is 73.8 Å². The zero-order chi connectivity index (χ0) is 16.1. The molecule has 0 unspecified atom stereocenters. The molecule has 0 aromatic heterocycles. The SMILES string of the molecule is O=C(N/N=C\c1ccc(Cl)cc1Cl)c1ccccc1[N+](=O)[O-]. The summed E-state index contributed by atoms with van der Waals surface area (Å²) in [6, 6.07) is 10.4. The lowest BCUT2D eigenvalue weighted by atomic mass is 10.2. The molecule has 0 fully saturated rings. The van der Waals surface area contributed by atoms with Gasteiger partial charge in [0, 0.05) is 16.7 Å². The van der Waals surface area contributed by atoms with Crippen LogP contribution in [0.2, 0.25) is 10.0 Å². The van der Waals surface area contributed by atoms with E-state index in [1.165, 1.54) is 36.5 Å². The third kappa shape index (κ3) is 3.81. The second-order valence-corrected chi connectivity index (χ2v) is 4.98. The van der Waals surface area contributed by atoms with Gasteiger partial charge in [0.05, 0.1) is 16.2 Å². The Balaban J connectivity index is 2.13. The predicted octanol–water partition coefficient (Wildman–Crippen LogP) is 3.67. The molecule has 0 aliphatic carbocycles. The average Bonchev–Trinajstić information content (AvgIpc) is 2.49. The smallest absolute Gasteiger partial charge is 0.267 e. The summed E-state index contributed by atoms with van der Waals surface area (Å²) >= 11 is 11.7. The van der Waals surface area contributed by atoms with E-state index in [1.54, 1.807) is 12.1 Å². The lowest BCUT2D eigenvalue weighted by molar-refractivity contribution is -0.385. The summed E-state index contributed by atoms with van der Waals surface area (Å²) in [6.07, 6.45) is 1.32. The maximum absolute atomic E-state index is 11.9. The summed E-state index contributed by atoms with van der Waals surface area (Å²) in [4.78, 5) is 22.1. The number of nitro benzene ring substituents is 1. The molecule has 8 heteroatoms. The van der Waals surface area contributed by atoms with Gasteiger partial charge in [0.2, 0.25) is 0 Å². The highest BCUT2D eigenvalue weighted by Gasteiger charge is 2.18. The van der Waals surface area contributed by atoms with Gasteiger partial charge in [-0.25, -0.2) is 5.43 Å². The Morgan fingerprint density at radius 2 is 1.95 bits per heavy atom. The quantitative estimate of drug-likeness (QED) is 0.524. The molecule has 1 N–H and O–H groups in total. The summed E-state index contributed by atoms with van der Waals surface area (Å²) in [5, 5.41) is 15.4. The van der Waals surface area contributed by atoms with Crippen LogP contribution in [-0.2, 0) is 0 Å². The molecule has 112 valence electrons. The minimum absolute atomic E-state index is 0.0770. The molecule has 2 rings (SSSR count). The number of nitrogens with one attached hydrogen (secondary N) is 1. The molecule has 22 heavy (non-hydrogen) atoms. The van der Waals surface area contributed by atoms with E-state index in [-0.39, 0.29) is 11.3 Å². The van der Waals surface area contributed by atoms with Crippen LogP contribution in [0.25, 0.3) is 0 Å². The van der Waals surface area contributed by atoms with Crippen molar-refractivity contribution >= 4 is 41.0 Å². The number of rotatable bonds is 4. The first-order valence-electron chi connectivity index (χ1n) is 6.01. The maximum atomic E-state index is 11.9. The molecule has 0 heterocycles. The maximum Gasteiger partial charge on any atom is 0.282 e. The number of hydrazone groups is 1. The summed E-state index contributed by atoms with van der Waals surface area (Å²) in [7, 11) is 0. The molecule has 0 spiro atoms. The highest BCUT2D eigenvalue weighted by atomic mass is 35.5. The highest BCUT2D eigenvalue weighted by molar-refractivity contribution is 6.36. The van der Waals surface area contributed by atoms with Crippen molar-refractivity contribution in [1.82, 2.24) is 5.43 Å². The lowest BCUT2D eigenvalue weighted by Crippen LogP contribution is -2.18. The number of amides is 1. The Morgan fingerprint density at radius 1 is 1.23 bits per heavy atom. The zero-order valence-corrected chi connectivity index (χ0v) is 12.5. The number of halogens is 2. The van der Waals surface area contributed by atoms with Crippen molar-refractivity contribution < 1.29 is 9.72 Å². The number of nitrogens with zero attached hydrogens (tertiary/aromatic N) is 2. The molecule has 0 bridgehead atoms. The molecule has 0 aliphatic rings. The number of hydrogen-bond donors (Lipinski definition) is 1. The van der Waals surface area contributed by atoms with Crippen molar-refractivity contribution in [2.75, 3.05) is 0 Å². The normalized spacial score (nSPS) is 10.6. The molecule has 0 aliphatic heterocycles. The third-order valence-corrected chi connectivity index (χ3v) is 3.24.